The second-order valence-electron chi connectivity index (χ2n) is 5.42. The number of hydrogen-bond donors (Lipinski definition) is 2. The second-order valence-corrected chi connectivity index (χ2v) is 5.85. The number of rotatable bonds is 4. The third-order valence-corrected chi connectivity index (χ3v) is 3.89. The maximum Gasteiger partial charge on any atom is 0.339 e. The Labute approximate surface area is 150 Å². The summed E-state index contributed by atoms with van der Waals surface area (Å²) in [5.74, 6) is 0. The zero-order valence-electron chi connectivity index (χ0n) is 13.6. The minimum Gasteiger partial charge on any atom is -0.316 e. The Morgan fingerprint density at radius 2 is 1.84 bits per heavy atom. The summed E-state index contributed by atoms with van der Waals surface area (Å²) in [4.78, 5) is 11.9. The van der Waals surface area contributed by atoms with Gasteiger partial charge in [-0.25, -0.2) is 10.2 Å². The van der Waals surface area contributed by atoms with Crippen molar-refractivity contribution in [1.82, 2.24) is 9.99 Å². The Kier molecular flexibility index (Phi) is 5.16. The molecule has 6 heteroatoms. The van der Waals surface area contributed by atoms with E-state index in [1.165, 1.54) is 0 Å². The lowest BCUT2D eigenvalue weighted by atomic mass is 10.2. The van der Waals surface area contributed by atoms with Crippen molar-refractivity contribution in [1.29, 1.82) is 0 Å². The summed E-state index contributed by atoms with van der Waals surface area (Å²) in [5, 5.41) is 7.45. The topological polar surface area (TPSA) is 58.4 Å². The summed E-state index contributed by atoms with van der Waals surface area (Å²) in [6, 6.07) is 18.4. The molecule has 0 unspecified atom stereocenters. The largest absolute Gasteiger partial charge is 0.339 e. The number of hydrogen-bond acceptors (Lipinski definition) is 2. The number of aromatic nitrogens is 1. The smallest absolute Gasteiger partial charge is 0.316 e. The fourth-order valence-corrected chi connectivity index (χ4v) is 2.48. The van der Waals surface area contributed by atoms with Crippen LogP contribution in [0, 0.1) is 6.92 Å². The average Bonchev–Trinajstić information content (AvgIpc) is 3.06. The Balaban J connectivity index is 1.65. The number of aryl methyl sites for hydroxylation is 1. The number of nitrogens with one attached hydrogen (secondary N) is 2. The fourth-order valence-electron chi connectivity index (χ4n) is 2.36. The van der Waals surface area contributed by atoms with E-state index < -0.39 is 6.03 Å². The van der Waals surface area contributed by atoms with Crippen LogP contribution in [0.5, 0.6) is 0 Å². The van der Waals surface area contributed by atoms with Crippen LogP contribution in [0.1, 0.15) is 11.3 Å². The predicted molar refractivity (Wildman–Crippen MR) is 102 cm³/mol. The summed E-state index contributed by atoms with van der Waals surface area (Å²) >= 11 is 5.92. The fraction of sp³-hybridized carbons (Fsp3) is 0.0526. The zero-order chi connectivity index (χ0) is 17.6. The molecule has 0 saturated carbocycles. The predicted octanol–water partition coefficient (Wildman–Crippen LogP) is 4.59. The minimum atomic E-state index is -0.393. The molecular formula is C19H17ClN4O. The number of urea groups is 1. The molecule has 5 nitrogen and oxygen atoms in total. The number of carbonyl (C=O) groups is 1. The standard InChI is InChI=1S/C19H17ClN4O/c1-14-5-2-3-7-18(14)22-19(25)23-21-13-17-6-4-12-24(17)16-10-8-15(20)9-11-16/h2-13H,1H3,(H2,22,23,25)/b21-13+. The summed E-state index contributed by atoms with van der Waals surface area (Å²) in [7, 11) is 0. The van der Waals surface area contributed by atoms with Gasteiger partial charge in [0.2, 0.25) is 0 Å². The van der Waals surface area contributed by atoms with Crippen LogP contribution < -0.4 is 10.7 Å². The van der Waals surface area contributed by atoms with Crippen molar-refractivity contribution in [3.05, 3.63) is 83.1 Å². The number of anilines is 1. The number of benzene rings is 2. The number of halogens is 1. The monoisotopic (exact) mass is 352 g/mol. The van der Waals surface area contributed by atoms with Crippen LogP contribution in [-0.4, -0.2) is 16.8 Å². The molecule has 0 bridgehead atoms. The number of carbonyl (C=O) groups excluding carboxylic acids is 1. The van der Waals surface area contributed by atoms with Gasteiger partial charge < -0.3 is 9.88 Å². The first-order valence-electron chi connectivity index (χ1n) is 7.72. The molecule has 2 aromatic carbocycles. The van der Waals surface area contributed by atoms with Gasteiger partial charge in [0, 0.05) is 22.6 Å². The van der Waals surface area contributed by atoms with E-state index in [-0.39, 0.29) is 0 Å². The molecule has 0 aliphatic carbocycles. The highest BCUT2D eigenvalue weighted by molar-refractivity contribution is 6.30. The van der Waals surface area contributed by atoms with Gasteiger partial charge in [-0.15, -0.1) is 0 Å². The lowest BCUT2D eigenvalue weighted by Gasteiger charge is -2.07. The normalized spacial score (nSPS) is 10.8. The van der Waals surface area contributed by atoms with Gasteiger partial charge in [-0.1, -0.05) is 29.8 Å². The Hall–Kier alpha value is -3.05. The zero-order valence-corrected chi connectivity index (χ0v) is 14.4. The van der Waals surface area contributed by atoms with E-state index in [4.69, 9.17) is 11.6 Å². The van der Waals surface area contributed by atoms with Crippen LogP contribution in [0.25, 0.3) is 5.69 Å². The van der Waals surface area contributed by atoms with Crippen molar-refractivity contribution in [2.24, 2.45) is 5.10 Å². The molecule has 3 aromatic rings. The first-order chi connectivity index (χ1) is 12.1. The van der Waals surface area contributed by atoms with Crippen molar-refractivity contribution < 1.29 is 4.79 Å². The van der Waals surface area contributed by atoms with Gasteiger partial charge in [-0.05, 0) is 55.0 Å². The van der Waals surface area contributed by atoms with E-state index in [0.29, 0.717) is 5.02 Å². The lowest BCUT2D eigenvalue weighted by molar-refractivity contribution is 0.252. The van der Waals surface area contributed by atoms with Crippen molar-refractivity contribution >= 4 is 29.5 Å². The van der Waals surface area contributed by atoms with Gasteiger partial charge in [-0.3, -0.25) is 0 Å². The highest BCUT2D eigenvalue weighted by Crippen LogP contribution is 2.15. The molecule has 0 spiro atoms. The summed E-state index contributed by atoms with van der Waals surface area (Å²) in [5.41, 5.74) is 5.99. The lowest BCUT2D eigenvalue weighted by Crippen LogP contribution is -2.24. The average molecular weight is 353 g/mol. The van der Waals surface area contributed by atoms with Crippen LogP contribution in [0.15, 0.2) is 72.0 Å². The minimum absolute atomic E-state index is 0.393. The van der Waals surface area contributed by atoms with Gasteiger partial charge in [0.1, 0.15) is 0 Å². The van der Waals surface area contributed by atoms with Crippen LogP contribution in [0.4, 0.5) is 10.5 Å². The third-order valence-electron chi connectivity index (χ3n) is 3.64. The van der Waals surface area contributed by atoms with Crippen molar-refractivity contribution in [2.75, 3.05) is 5.32 Å². The summed E-state index contributed by atoms with van der Waals surface area (Å²) in [6.45, 7) is 1.93. The van der Waals surface area contributed by atoms with Crippen LogP contribution in [0.2, 0.25) is 5.02 Å². The SMILES string of the molecule is Cc1ccccc1NC(=O)N/N=C/c1cccn1-c1ccc(Cl)cc1. The molecule has 0 fully saturated rings. The molecule has 3 rings (SSSR count). The van der Waals surface area contributed by atoms with Crippen molar-refractivity contribution in [3.8, 4) is 5.69 Å². The first kappa shape index (κ1) is 16.8. The molecule has 126 valence electrons. The molecule has 1 heterocycles. The van der Waals surface area contributed by atoms with Crippen LogP contribution in [0.3, 0.4) is 0 Å². The maximum atomic E-state index is 11.9. The van der Waals surface area contributed by atoms with E-state index in [1.54, 1.807) is 6.21 Å². The van der Waals surface area contributed by atoms with Gasteiger partial charge in [-0.2, -0.15) is 5.10 Å². The van der Waals surface area contributed by atoms with E-state index in [0.717, 1.165) is 22.6 Å². The quantitative estimate of drug-likeness (QED) is 0.523. The summed E-state index contributed by atoms with van der Waals surface area (Å²) < 4.78 is 1.95. The van der Waals surface area contributed by atoms with Gasteiger partial charge in [0.05, 0.1) is 11.9 Å². The molecule has 0 atom stereocenters. The molecular weight excluding hydrogens is 336 g/mol. The van der Waals surface area contributed by atoms with Crippen LogP contribution >= 0.6 is 11.6 Å². The van der Waals surface area contributed by atoms with E-state index >= 15 is 0 Å². The van der Waals surface area contributed by atoms with Crippen molar-refractivity contribution in [3.63, 3.8) is 0 Å². The molecule has 1 aromatic heterocycles. The molecule has 25 heavy (non-hydrogen) atoms. The Bertz CT molecular complexity index is 900. The number of para-hydroxylation sites is 1. The molecule has 2 N–H and O–H groups in total. The maximum absolute atomic E-state index is 11.9. The van der Waals surface area contributed by atoms with Crippen molar-refractivity contribution in [2.45, 2.75) is 6.92 Å². The number of amides is 2. The first-order valence-corrected chi connectivity index (χ1v) is 8.10. The van der Waals surface area contributed by atoms with Gasteiger partial charge in [0.25, 0.3) is 0 Å². The van der Waals surface area contributed by atoms with Gasteiger partial charge >= 0.3 is 6.03 Å². The van der Waals surface area contributed by atoms with Gasteiger partial charge in [0.15, 0.2) is 0 Å². The highest BCUT2D eigenvalue weighted by atomic mass is 35.5. The van der Waals surface area contributed by atoms with E-state index in [2.05, 4.69) is 15.8 Å². The van der Waals surface area contributed by atoms with E-state index in [1.807, 2.05) is 78.4 Å². The molecule has 2 amide bonds. The third kappa shape index (κ3) is 4.28. The highest BCUT2D eigenvalue weighted by Gasteiger charge is 2.03. The summed E-state index contributed by atoms with van der Waals surface area (Å²) in [6.07, 6.45) is 3.50. The Morgan fingerprint density at radius 3 is 2.60 bits per heavy atom. The molecule has 0 saturated heterocycles. The number of nitrogens with zero attached hydrogens (tertiary/aromatic N) is 2. The molecule has 0 aliphatic rings. The second kappa shape index (κ2) is 7.68. The molecule has 0 radical (unpaired) electrons. The van der Waals surface area contributed by atoms with Crippen LogP contribution in [-0.2, 0) is 0 Å². The number of hydrazone groups is 1. The van der Waals surface area contributed by atoms with E-state index in [9.17, 15) is 4.79 Å². The molecule has 0 aliphatic heterocycles. The Morgan fingerprint density at radius 1 is 1.08 bits per heavy atom.